The fourth-order valence-corrected chi connectivity index (χ4v) is 2.03. The third-order valence-corrected chi connectivity index (χ3v) is 2.80. The van der Waals surface area contributed by atoms with E-state index < -0.39 is 37.3 Å². The number of aliphatic carboxylic acids is 1. The minimum Gasteiger partial charge on any atom is -0.480 e. The minimum atomic E-state index is -4.67. The molecule has 1 unspecified atom stereocenters. The highest BCUT2D eigenvalue weighted by Gasteiger charge is 2.38. The van der Waals surface area contributed by atoms with Crippen LogP contribution in [0, 0.1) is 0 Å². The summed E-state index contributed by atoms with van der Waals surface area (Å²) in [4.78, 5) is 23.8. The van der Waals surface area contributed by atoms with Gasteiger partial charge in [-0.3, -0.25) is 4.79 Å². The first-order valence-electron chi connectivity index (χ1n) is 5.69. The Balaban J connectivity index is 2.78. The fraction of sp³-hybridized carbons (Fsp3) is 0.800. The maximum atomic E-state index is 12.3. The number of hydrogen-bond donors (Lipinski definition) is 2. The van der Waals surface area contributed by atoms with E-state index in [2.05, 4.69) is 0 Å². The van der Waals surface area contributed by atoms with E-state index in [1.165, 1.54) is 0 Å². The van der Waals surface area contributed by atoms with Crippen LogP contribution < -0.4 is 0 Å². The van der Waals surface area contributed by atoms with Crippen molar-refractivity contribution in [3.05, 3.63) is 0 Å². The van der Waals surface area contributed by atoms with Crippen LogP contribution in [0.5, 0.6) is 0 Å². The molecule has 19 heavy (non-hydrogen) atoms. The maximum Gasteiger partial charge on any atom is 0.406 e. The molecule has 6 nitrogen and oxygen atoms in total. The smallest absolute Gasteiger partial charge is 0.406 e. The highest BCUT2D eigenvalue weighted by molar-refractivity contribution is 5.80. The number of carboxylic acids is 1. The number of carboxylic acid groups (broad SMARTS) is 1. The number of hydrogen-bond acceptors (Lipinski definition) is 3. The van der Waals surface area contributed by atoms with Gasteiger partial charge in [-0.05, 0) is 12.8 Å². The molecule has 1 rings (SSSR count). The second kappa shape index (κ2) is 6.09. The number of aliphatic hydroxyl groups is 1. The standard InChI is InChI=1S/C10H15F3N2O4/c11-10(12,13)6-14(4-8(17)18)9(19)15-3-1-2-7(15)5-16/h7,16H,1-6H2,(H,17,18). The second-order valence-corrected chi connectivity index (χ2v) is 4.32. The molecular formula is C10H15F3N2O4. The third-order valence-electron chi connectivity index (χ3n) is 2.80. The number of likely N-dealkylation sites (tertiary alicyclic amines) is 1. The zero-order chi connectivity index (χ0) is 14.6. The van der Waals surface area contributed by atoms with E-state index in [4.69, 9.17) is 10.2 Å². The topological polar surface area (TPSA) is 81.1 Å². The average molecular weight is 284 g/mol. The maximum absolute atomic E-state index is 12.3. The van der Waals surface area contributed by atoms with E-state index in [0.29, 0.717) is 12.8 Å². The lowest BCUT2D eigenvalue weighted by atomic mass is 10.2. The molecule has 0 aromatic heterocycles. The monoisotopic (exact) mass is 284 g/mol. The van der Waals surface area contributed by atoms with Crippen LogP contribution in [-0.2, 0) is 4.79 Å². The lowest BCUT2D eigenvalue weighted by Gasteiger charge is -2.30. The van der Waals surface area contributed by atoms with Gasteiger partial charge in [0, 0.05) is 6.54 Å². The van der Waals surface area contributed by atoms with Gasteiger partial charge >= 0.3 is 18.2 Å². The fourth-order valence-electron chi connectivity index (χ4n) is 2.03. The van der Waals surface area contributed by atoms with Crippen LogP contribution in [0.1, 0.15) is 12.8 Å². The highest BCUT2D eigenvalue weighted by atomic mass is 19.4. The van der Waals surface area contributed by atoms with Crippen LogP contribution in [-0.4, -0.2) is 70.5 Å². The van der Waals surface area contributed by atoms with Gasteiger partial charge in [0.2, 0.25) is 0 Å². The summed E-state index contributed by atoms with van der Waals surface area (Å²) in [6, 6.07) is -1.55. The first-order valence-corrected chi connectivity index (χ1v) is 5.69. The number of aliphatic hydroxyl groups excluding tert-OH is 1. The van der Waals surface area contributed by atoms with Crippen molar-refractivity contribution >= 4 is 12.0 Å². The van der Waals surface area contributed by atoms with Crippen molar-refractivity contribution in [1.82, 2.24) is 9.80 Å². The second-order valence-electron chi connectivity index (χ2n) is 4.32. The number of carbonyl (C=O) groups is 2. The highest BCUT2D eigenvalue weighted by Crippen LogP contribution is 2.22. The van der Waals surface area contributed by atoms with Gasteiger partial charge in [-0.2, -0.15) is 13.2 Å². The Bertz CT molecular complexity index is 348. The van der Waals surface area contributed by atoms with E-state index in [0.717, 1.165) is 4.90 Å². The van der Waals surface area contributed by atoms with Gasteiger partial charge in [0.25, 0.3) is 0 Å². The minimum absolute atomic E-state index is 0.220. The van der Waals surface area contributed by atoms with E-state index >= 15 is 0 Å². The molecule has 1 saturated heterocycles. The third kappa shape index (κ3) is 4.58. The average Bonchev–Trinajstić information content (AvgIpc) is 2.72. The van der Waals surface area contributed by atoms with Crippen LogP contribution in [0.3, 0.4) is 0 Å². The van der Waals surface area contributed by atoms with Gasteiger partial charge in [-0.15, -0.1) is 0 Å². The number of carbonyl (C=O) groups excluding carboxylic acids is 1. The van der Waals surface area contributed by atoms with Gasteiger partial charge < -0.3 is 20.0 Å². The summed E-state index contributed by atoms with van der Waals surface area (Å²) in [5.74, 6) is -1.52. The molecule has 110 valence electrons. The van der Waals surface area contributed by atoms with Crippen molar-refractivity contribution in [2.45, 2.75) is 25.1 Å². The zero-order valence-corrected chi connectivity index (χ0v) is 10.1. The Morgan fingerprint density at radius 2 is 2.00 bits per heavy atom. The summed E-state index contributed by atoms with van der Waals surface area (Å²) in [5, 5.41) is 17.6. The Morgan fingerprint density at radius 3 is 2.47 bits per heavy atom. The van der Waals surface area contributed by atoms with E-state index in [9.17, 15) is 22.8 Å². The first-order chi connectivity index (χ1) is 8.74. The van der Waals surface area contributed by atoms with Crippen LogP contribution in [0.25, 0.3) is 0 Å². The van der Waals surface area contributed by atoms with Gasteiger partial charge in [0.15, 0.2) is 0 Å². The molecule has 2 amide bonds. The molecule has 1 aliphatic heterocycles. The summed E-state index contributed by atoms with van der Waals surface area (Å²) in [6.45, 7) is -2.77. The van der Waals surface area contributed by atoms with Crippen LogP contribution in [0.15, 0.2) is 0 Å². The Kier molecular flexibility index (Phi) is 4.98. The molecule has 1 fully saturated rings. The molecule has 0 saturated carbocycles. The summed E-state index contributed by atoms with van der Waals surface area (Å²) >= 11 is 0. The Morgan fingerprint density at radius 1 is 1.37 bits per heavy atom. The molecule has 0 aromatic rings. The number of urea groups is 1. The van der Waals surface area contributed by atoms with E-state index in [-0.39, 0.29) is 18.1 Å². The molecule has 2 N–H and O–H groups in total. The predicted octanol–water partition coefficient (Wildman–Crippen LogP) is 0.512. The Labute approximate surface area is 107 Å². The van der Waals surface area contributed by atoms with E-state index in [1.54, 1.807) is 0 Å². The normalized spacial score (nSPS) is 19.6. The number of halogens is 3. The summed E-state index contributed by atoms with van der Waals surface area (Å²) in [6.07, 6.45) is -3.60. The molecule has 1 aliphatic rings. The molecule has 1 heterocycles. The van der Waals surface area contributed by atoms with Gasteiger partial charge in [0.1, 0.15) is 13.1 Å². The van der Waals surface area contributed by atoms with Crippen LogP contribution >= 0.6 is 0 Å². The summed E-state index contributed by atoms with van der Waals surface area (Å²) < 4.78 is 37.0. The van der Waals surface area contributed by atoms with Gasteiger partial charge in [0.05, 0.1) is 12.6 Å². The van der Waals surface area contributed by atoms with Crippen molar-refractivity contribution < 1.29 is 33.0 Å². The van der Waals surface area contributed by atoms with Crippen LogP contribution in [0.2, 0.25) is 0 Å². The first kappa shape index (κ1) is 15.5. The number of nitrogens with zero attached hydrogens (tertiary/aromatic N) is 2. The molecule has 0 aliphatic carbocycles. The number of rotatable bonds is 4. The Hall–Kier alpha value is -1.51. The molecule has 0 radical (unpaired) electrons. The quantitative estimate of drug-likeness (QED) is 0.788. The largest absolute Gasteiger partial charge is 0.480 e. The van der Waals surface area contributed by atoms with E-state index in [1.807, 2.05) is 0 Å². The van der Waals surface area contributed by atoms with Crippen molar-refractivity contribution in [1.29, 1.82) is 0 Å². The van der Waals surface area contributed by atoms with Crippen molar-refractivity contribution in [3.8, 4) is 0 Å². The number of alkyl halides is 3. The SMILES string of the molecule is O=C(O)CN(CC(F)(F)F)C(=O)N1CCCC1CO. The molecular weight excluding hydrogens is 269 g/mol. The van der Waals surface area contributed by atoms with Crippen molar-refractivity contribution in [2.24, 2.45) is 0 Å². The van der Waals surface area contributed by atoms with Gasteiger partial charge in [-0.1, -0.05) is 0 Å². The van der Waals surface area contributed by atoms with Crippen molar-refractivity contribution in [3.63, 3.8) is 0 Å². The molecule has 0 bridgehead atoms. The lowest BCUT2D eigenvalue weighted by molar-refractivity contribution is -0.149. The molecule has 9 heteroatoms. The summed E-state index contributed by atoms with van der Waals surface area (Å²) in [7, 11) is 0. The van der Waals surface area contributed by atoms with Gasteiger partial charge in [-0.25, -0.2) is 4.79 Å². The molecule has 1 atom stereocenters. The molecule has 0 spiro atoms. The summed E-state index contributed by atoms with van der Waals surface area (Å²) in [5.41, 5.74) is 0. The zero-order valence-electron chi connectivity index (χ0n) is 10.1. The molecule has 0 aromatic carbocycles. The number of amides is 2. The predicted molar refractivity (Wildman–Crippen MR) is 57.5 cm³/mol. The van der Waals surface area contributed by atoms with Crippen molar-refractivity contribution in [2.75, 3.05) is 26.2 Å². The van der Waals surface area contributed by atoms with Crippen LogP contribution in [0.4, 0.5) is 18.0 Å². The lowest BCUT2D eigenvalue weighted by Crippen LogP contribution is -2.51.